The van der Waals surface area contributed by atoms with Crippen LogP contribution in [0.3, 0.4) is 0 Å². The summed E-state index contributed by atoms with van der Waals surface area (Å²) in [4.78, 5) is 36.0. The van der Waals surface area contributed by atoms with E-state index in [9.17, 15) is 4.79 Å². The summed E-state index contributed by atoms with van der Waals surface area (Å²) >= 11 is 0. The molecule has 0 unspecified atom stereocenters. The molecule has 90 valence electrons. The molecule has 0 saturated carbocycles. The zero-order valence-electron chi connectivity index (χ0n) is 8.71. The summed E-state index contributed by atoms with van der Waals surface area (Å²) in [6.07, 6.45) is 0.0801. The summed E-state index contributed by atoms with van der Waals surface area (Å²) in [6, 6.07) is 0. The summed E-state index contributed by atoms with van der Waals surface area (Å²) < 4.78 is 8.40. The first kappa shape index (κ1) is 14.5. The van der Waals surface area contributed by atoms with Crippen molar-refractivity contribution in [1.29, 1.82) is 0 Å². The average molecular weight is 242 g/mol. The van der Waals surface area contributed by atoms with Crippen molar-refractivity contribution in [2.75, 3.05) is 13.3 Å². The van der Waals surface area contributed by atoms with Gasteiger partial charge in [-0.2, -0.15) is 14.7 Å². The molecule has 0 atom stereocenters. The van der Waals surface area contributed by atoms with E-state index in [1.807, 2.05) is 13.8 Å². The predicted molar refractivity (Wildman–Crippen MR) is 53.5 cm³/mol. The zero-order valence-corrected chi connectivity index (χ0v) is 9.61. The van der Waals surface area contributed by atoms with E-state index in [-0.39, 0.29) is 0 Å². The number of alkyl carbamates (subject to hydrolysis) is 1. The first-order valence-electron chi connectivity index (χ1n) is 4.43. The smallest absolute Gasteiger partial charge is 0.418 e. The highest BCUT2D eigenvalue weighted by Gasteiger charge is 2.33. The molecule has 0 bridgehead atoms. The molecule has 7 nitrogen and oxygen atoms in total. The average Bonchev–Trinajstić information content (AvgIpc) is 2.00. The molecule has 0 aliphatic heterocycles. The van der Waals surface area contributed by atoms with E-state index < -0.39 is 21.1 Å². The Morgan fingerprint density at radius 2 is 2.00 bits per heavy atom. The van der Waals surface area contributed by atoms with E-state index in [0.717, 1.165) is 6.42 Å². The third-order valence-electron chi connectivity index (χ3n) is 1.41. The number of nitrogens with one attached hydrogen (secondary N) is 1. The highest BCUT2D eigenvalue weighted by atomic mass is 31.2. The molecule has 0 rings (SSSR count). The molecular weight excluding hydrogens is 225 g/mol. The molecule has 0 spiro atoms. The van der Waals surface area contributed by atoms with Crippen LogP contribution in [0.5, 0.6) is 0 Å². The fraction of sp³-hybridized carbons (Fsp3) is 0.857. The molecule has 4 N–H and O–H groups in total. The van der Waals surface area contributed by atoms with Gasteiger partial charge in [-0.05, 0) is 12.3 Å². The molecule has 0 aliphatic carbocycles. The second-order valence-corrected chi connectivity index (χ2v) is 4.59. The molecule has 0 saturated heterocycles. The number of carbonyl (C=O) groups excluding carboxylic acids is 1. The molecule has 0 fully saturated rings. The Bertz CT molecular complexity index is 192. The molecule has 0 aromatic heterocycles. The second-order valence-electron chi connectivity index (χ2n) is 3.30. The molecular formula is C7H17NO6P+. The van der Waals surface area contributed by atoms with Crippen molar-refractivity contribution in [3.63, 3.8) is 0 Å². The molecule has 0 radical (unpaired) electrons. The van der Waals surface area contributed by atoms with Gasteiger partial charge in [-0.3, -0.25) is 0 Å². The van der Waals surface area contributed by atoms with Crippen molar-refractivity contribution < 1.29 is 28.7 Å². The predicted octanol–water partition coefficient (Wildman–Crippen LogP) is 0.387. The largest absolute Gasteiger partial charge is 0.570 e. The van der Waals surface area contributed by atoms with Crippen LogP contribution in [0, 0.1) is 5.92 Å². The Morgan fingerprint density at radius 3 is 2.47 bits per heavy atom. The summed E-state index contributed by atoms with van der Waals surface area (Å²) in [5.74, 6) is 0.465. The molecule has 0 aliphatic rings. The SMILES string of the molecule is CC(C)CCNC(=O)OCO[P+](O)(O)O. The van der Waals surface area contributed by atoms with Crippen molar-refractivity contribution in [2.24, 2.45) is 5.92 Å². The maximum absolute atomic E-state index is 10.9. The third-order valence-corrected chi connectivity index (χ3v) is 1.86. The minimum Gasteiger partial charge on any atom is -0.418 e. The lowest BCUT2D eigenvalue weighted by Crippen LogP contribution is -2.26. The number of hydrogen-bond acceptors (Lipinski definition) is 6. The van der Waals surface area contributed by atoms with Crippen LogP contribution in [0.1, 0.15) is 20.3 Å². The summed E-state index contributed by atoms with van der Waals surface area (Å²) in [5.41, 5.74) is 0. The summed E-state index contributed by atoms with van der Waals surface area (Å²) in [5, 5.41) is 2.43. The number of ether oxygens (including phenoxy) is 1. The van der Waals surface area contributed by atoms with Crippen molar-refractivity contribution in [3.8, 4) is 0 Å². The Balaban J connectivity index is 3.42. The minimum absolute atomic E-state index is 0.465. The molecule has 15 heavy (non-hydrogen) atoms. The maximum Gasteiger partial charge on any atom is 0.570 e. The molecule has 0 aromatic rings. The van der Waals surface area contributed by atoms with Gasteiger partial charge in [0.2, 0.25) is 6.79 Å². The van der Waals surface area contributed by atoms with E-state index >= 15 is 0 Å². The summed E-state index contributed by atoms with van der Waals surface area (Å²) in [6.45, 7) is 3.79. The van der Waals surface area contributed by atoms with Crippen molar-refractivity contribution in [1.82, 2.24) is 5.32 Å². The molecule has 0 heterocycles. The van der Waals surface area contributed by atoms with Crippen molar-refractivity contribution >= 4 is 14.3 Å². The fourth-order valence-corrected chi connectivity index (χ4v) is 0.859. The lowest BCUT2D eigenvalue weighted by molar-refractivity contribution is 0.0283. The monoisotopic (exact) mass is 242 g/mol. The highest BCUT2D eigenvalue weighted by Crippen LogP contribution is 2.45. The van der Waals surface area contributed by atoms with Crippen molar-refractivity contribution in [3.05, 3.63) is 0 Å². The van der Waals surface area contributed by atoms with Crippen LogP contribution in [0.4, 0.5) is 4.79 Å². The van der Waals surface area contributed by atoms with Crippen LogP contribution in [-0.4, -0.2) is 34.1 Å². The molecule has 1 amide bonds. The van der Waals surface area contributed by atoms with E-state index in [1.54, 1.807) is 0 Å². The first-order valence-corrected chi connectivity index (χ1v) is 6.00. The van der Waals surface area contributed by atoms with Gasteiger partial charge < -0.3 is 10.1 Å². The van der Waals surface area contributed by atoms with Gasteiger partial charge >= 0.3 is 14.3 Å². The Kier molecular flexibility index (Phi) is 6.71. The topological polar surface area (TPSA) is 108 Å². The van der Waals surface area contributed by atoms with Gasteiger partial charge in [0.15, 0.2) is 0 Å². The summed E-state index contributed by atoms with van der Waals surface area (Å²) in [7, 11) is -4.32. The minimum atomic E-state index is -4.32. The van der Waals surface area contributed by atoms with Crippen molar-refractivity contribution in [2.45, 2.75) is 20.3 Å². The van der Waals surface area contributed by atoms with E-state index in [4.69, 9.17) is 14.7 Å². The van der Waals surface area contributed by atoms with Gasteiger partial charge in [0.25, 0.3) is 0 Å². The van der Waals surface area contributed by atoms with Crippen LogP contribution in [0.2, 0.25) is 0 Å². The van der Waals surface area contributed by atoms with E-state index in [0.29, 0.717) is 12.5 Å². The molecule has 0 aromatic carbocycles. The van der Waals surface area contributed by atoms with Gasteiger partial charge in [-0.15, -0.1) is 4.52 Å². The highest BCUT2D eigenvalue weighted by molar-refractivity contribution is 7.53. The second kappa shape index (κ2) is 6.92. The van der Waals surface area contributed by atoms with Gasteiger partial charge in [0.05, 0.1) is 0 Å². The Morgan fingerprint density at radius 1 is 1.40 bits per heavy atom. The lowest BCUT2D eigenvalue weighted by Gasteiger charge is -2.07. The van der Waals surface area contributed by atoms with Gasteiger partial charge in [0.1, 0.15) is 0 Å². The van der Waals surface area contributed by atoms with E-state index in [1.165, 1.54) is 0 Å². The quantitative estimate of drug-likeness (QED) is 0.396. The Hall–Kier alpha value is -0.460. The first-order chi connectivity index (χ1) is 6.81. The van der Waals surface area contributed by atoms with Crippen LogP contribution >= 0.6 is 8.17 Å². The van der Waals surface area contributed by atoms with Crippen LogP contribution in [-0.2, 0) is 9.26 Å². The van der Waals surface area contributed by atoms with E-state index in [2.05, 4.69) is 14.6 Å². The van der Waals surface area contributed by atoms with Crippen LogP contribution in [0.25, 0.3) is 0 Å². The number of hydrogen-bond donors (Lipinski definition) is 4. The van der Waals surface area contributed by atoms with Gasteiger partial charge in [-0.25, -0.2) is 4.79 Å². The standard InChI is InChI=1S/C7H16NO6P/c1-6(2)3-4-8-7(9)13-5-14-15(10,11)12/h6,10-12H,3-5H2,1-2H3/p+1. The number of carbonyl (C=O) groups is 1. The molecule has 8 heteroatoms. The Labute approximate surface area is 88.7 Å². The maximum atomic E-state index is 10.9. The lowest BCUT2D eigenvalue weighted by atomic mass is 10.1. The van der Waals surface area contributed by atoms with Crippen LogP contribution < -0.4 is 5.32 Å². The normalized spacial score (nSPS) is 11.6. The van der Waals surface area contributed by atoms with Gasteiger partial charge in [-0.1, -0.05) is 13.8 Å². The zero-order chi connectivity index (χ0) is 11.9. The third kappa shape index (κ3) is 11.5. The number of rotatable bonds is 6. The number of amides is 1. The van der Waals surface area contributed by atoms with Crippen LogP contribution in [0.15, 0.2) is 0 Å². The van der Waals surface area contributed by atoms with Gasteiger partial charge in [0, 0.05) is 6.54 Å². The fourth-order valence-electron chi connectivity index (χ4n) is 0.665.